The van der Waals surface area contributed by atoms with Gasteiger partial charge in [0.25, 0.3) is 5.69 Å². The third-order valence-corrected chi connectivity index (χ3v) is 7.67. The second-order valence-electron chi connectivity index (χ2n) is 9.47. The fourth-order valence-electron chi connectivity index (χ4n) is 4.67. The number of non-ortho nitro benzene ring substituents is 1. The van der Waals surface area contributed by atoms with E-state index in [9.17, 15) is 28.1 Å². The lowest BCUT2D eigenvalue weighted by molar-refractivity contribution is -0.384. The second-order valence-corrected chi connectivity index (χ2v) is 11.4. The highest BCUT2D eigenvalue weighted by atomic mass is 32.2. The molecule has 11 heteroatoms. The van der Waals surface area contributed by atoms with E-state index in [0.717, 1.165) is 53.4 Å². The van der Waals surface area contributed by atoms with E-state index >= 15 is 0 Å². The van der Waals surface area contributed by atoms with E-state index in [-0.39, 0.29) is 29.9 Å². The van der Waals surface area contributed by atoms with Crippen molar-refractivity contribution in [2.24, 2.45) is 0 Å². The zero-order chi connectivity index (χ0) is 27.2. The molecular formula is C26H34N4O6S. The highest BCUT2D eigenvalue weighted by Crippen LogP contribution is 2.24. The molecule has 0 unspecified atom stereocenters. The van der Waals surface area contributed by atoms with Crippen molar-refractivity contribution in [3.8, 4) is 0 Å². The number of hydrogen-bond donors (Lipinski definition) is 1. The van der Waals surface area contributed by atoms with Gasteiger partial charge in [-0.05, 0) is 37.8 Å². The molecule has 1 fully saturated rings. The Kier molecular flexibility index (Phi) is 9.25. The SMILES string of the molecule is CC[C@H](C(=O)NC1CCCC1)N(Cc1cccc(C)c1)C(=O)CN(c1cccc([N+](=O)[O-])c1)S(C)(=O)=O. The van der Waals surface area contributed by atoms with Crippen LogP contribution in [0.3, 0.4) is 0 Å². The molecule has 2 aromatic carbocycles. The summed E-state index contributed by atoms with van der Waals surface area (Å²) in [6.07, 6.45) is 5.14. The van der Waals surface area contributed by atoms with Crippen LogP contribution in [0.5, 0.6) is 0 Å². The number of carbonyl (C=O) groups is 2. The van der Waals surface area contributed by atoms with Crippen LogP contribution in [0, 0.1) is 17.0 Å². The molecule has 1 aliphatic carbocycles. The Morgan fingerprint density at radius 1 is 1.14 bits per heavy atom. The fraction of sp³-hybridized carbons (Fsp3) is 0.462. The van der Waals surface area contributed by atoms with Gasteiger partial charge in [-0.3, -0.25) is 24.0 Å². The molecule has 0 radical (unpaired) electrons. The van der Waals surface area contributed by atoms with E-state index in [4.69, 9.17) is 0 Å². The maximum Gasteiger partial charge on any atom is 0.271 e. The van der Waals surface area contributed by atoms with Gasteiger partial charge < -0.3 is 10.2 Å². The fourth-order valence-corrected chi connectivity index (χ4v) is 5.51. The molecule has 0 aliphatic heterocycles. The van der Waals surface area contributed by atoms with Crippen molar-refractivity contribution in [3.05, 3.63) is 69.8 Å². The van der Waals surface area contributed by atoms with Crippen molar-refractivity contribution in [2.45, 2.75) is 64.6 Å². The molecule has 0 aromatic heterocycles. The number of amides is 2. The number of benzene rings is 2. The summed E-state index contributed by atoms with van der Waals surface area (Å²) >= 11 is 0. The van der Waals surface area contributed by atoms with Crippen LogP contribution in [0.2, 0.25) is 0 Å². The minimum Gasteiger partial charge on any atom is -0.352 e. The largest absolute Gasteiger partial charge is 0.352 e. The van der Waals surface area contributed by atoms with Gasteiger partial charge in [0.05, 0.1) is 16.9 Å². The standard InChI is InChI=1S/C26H34N4O6S/c1-4-24(26(32)27-21-11-5-6-12-21)28(17-20-10-7-9-19(2)15-20)25(31)18-29(37(3,35)36)22-13-8-14-23(16-22)30(33)34/h7-10,13-16,21,24H,4-6,11-12,17-18H2,1-3H3,(H,27,32)/t24-/m1/s1. The molecule has 1 atom stereocenters. The highest BCUT2D eigenvalue weighted by molar-refractivity contribution is 7.92. The van der Waals surface area contributed by atoms with Crippen LogP contribution in [-0.4, -0.2) is 54.9 Å². The predicted octanol–water partition coefficient (Wildman–Crippen LogP) is 3.54. The maximum atomic E-state index is 13.7. The molecule has 10 nitrogen and oxygen atoms in total. The van der Waals surface area contributed by atoms with Gasteiger partial charge in [0.15, 0.2) is 0 Å². The maximum absolute atomic E-state index is 13.7. The lowest BCUT2D eigenvalue weighted by Gasteiger charge is -2.33. The predicted molar refractivity (Wildman–Crippen MR) is 141 cm³/mol. The van der Waals surface area contributed by atoms with Gasteiger partial charge >= 0.3 is 0 Å². The molecule has 2 aromatic rings. The number of sulfonamides is 1. The van der Waals surface area contributed by atoms with Crippen molar-refractivity contribution in [1.82, 2.24) is 10.2 Å². The molecule has 2 amide bonds. The summed E-state index contributed by atoms with van der Waals surface area (Å²) in [5, 5.41) is 14.3. The average molecular weight is 531 g/mol. The van der Waals surface area contributed by atoms with Gasteiger partial charge in [0.1, 0.15) is 12.6 Å². The summed E-state index contributed by atoms with van der Waals surface area (Å²) in [5.41, 5.74) is 1.51. The van der Waals surface area contributed by atoms with E-state index in [0.29, 0.717) is 6.42 Å². The molecule has 200 valence electrons. The number of aryl methyl sites for hydroxylation is 1. The summed E-state index contributed by atoms with van der Waals surface area (Å²) in [6.45, 7) is 3.25. The van der Waals surface area contributed by atoms with E-state index < -0.39 is 33.4 Å². The third kappa shape index (κ3) is 7.51. The Hall–Kier alpha value is -3.47. The average Bonchev–Trinajstić information content (AvgIpc) is 3.34. The Balaban J connectivity index is 1.95. The van der Waals surface area contributed by atoms with E-state index in [1.807, 2.05) is 38.1 Å². The summed E-state index contributed by atoms with van der Waals surface area (Å²) in [4.78, 5) is 39.1. The number of carbonyl (C=O) groups excluding carboxylic acids is 2. The van der Waals surface area contributed by atoms with Gasteiger partial charge in [0.2, 0.25) is 21.8 Å². The molecule has 0 bridgehead atoms. The zero-order valence-electron chi connectivity index (χ0n) is 21.4. The van der Waals surface area contributed by atoms with Crippen molar-refractivity contribution in [1.29, 1.82) is 0 Å². The summed E-state index contributed by atoms with van der Waals surface area (Å²) in [6, 6.07) is 11.9. The second kappa shape index (κ2) is 12.2. The van der Waals surface area contributed by atoms with Crippen molar-refractivity contribution in [2.75, 3.05) is 17.1 Å². The Bertz CT molecular complexity index is 1240. The van der Waals surface area contributed by atoms with Gasteiger partial charge in [-0.15, -0.1) is 0 Å². The quantitative estimate of drug-likeness (QED) is 0.349. The molecule has 1 aliphatic rings. The van der Waals surface area contributed by atoms with Gasteiger partial charge in [-0.1, -0.05) is 55.7 Å². The first-order valence-electron chi connectivity index (χ1n) is 12.4. The Morgan fingerprint density at radius 2 is 1.81 bits per heavy atom. The van der Waals surface area contributed by atoms with Crippen LogP contribution in [0.1, 0.15) is 50.2 Å². The van der Waals surface area contributed by atoms with Crippen LogP contribution >= 0.6 is 0 Å². The van der Waals surface area contributed by atoms with Crippen LogP contribution < -0.4 is 9.62 Å². The Labute approximate surface area is 217 Å². The smallest absolute Gasteiger partial charge is 0.271 e. The minimum absolute atomic E-state index is 0.00371. The number of rotatable bonds is 11. The number of nitrogens with one attached hydrogen (secondary N) is 1. The lowest BCUT2D eigenvalue weighted by atomic mass is 10.1. The number of nitrogens with zero attached hydrogens (tertiary/aromatic N) is 3. The van der Waals surface area contributed by atoms with Crippen LogP contribution in [0.15, 0.2) is 48.5 Å². The monoisotopic (exact) mass is 530 g/mol. The Morgan fingerprint density at radius 3 is 2.41 bits per heavy atom. The van der Waals surface area contributed by atoms with E-state index in [2.05, 4.69) is 5.32 Å². The zero-order valence-corrected chi connectivity index (χ0v) is 22.2. The molecule has 0 saturated heterocycles. The van der Waals surface area contributed by atoms with Crippen LogP contribution in [0.4, 0.5) is 11.4 Å². The highest BCUT2D eigenvalue weighted by Gasteiger charge is 2.33. The number of hydrogen-bond acceptors (Lipinski definition) is 6. The van der Waals surface area contributed by atoms with E-state index in [1.54, 1.807) is 0 Å². The molecule has 3 rings (SSSR count). The van der Waals surface area contributed by atoms with E-state index in [1.165, 1.54) is 23.1 Å². The normalized spacial score (nSPS) is 14.7. The van der Waals surface area contributed by atoms with Gasteiger partial charge in [-0.2, -0.15) is 0 Å². The number of nitro groups is 1. The molecular weight excluding hydrogens is 496 g/mol. The van der Waals surface area contributed by atoms with Gasteiger partial charge in [-0.25, -0.2) is 8.42 Å². The number of nitro benzene ring substituents is 1. The van der Waals surface area contributed by atoms with Crippen molar-refractivity contribution < 1.29 is 22.9 Å². The first-order chi connectivity index (χ1) is 17.5. The summed E-state index contributed by atoms with van der Waals surface area (Å²) in [7, 11) is -3.98. The lowest BCUT2D eigenvalue weighted by Crippen LogP contribution is -2.53. The number of anilines is 1. The van der Waals surface area contributed by atoms with Crippen LogP contribution in [0.25, 0.3) is 0 Å². The topological polar surface area (TPSA) is 130 Å². The molecule has 0 spiro atoms. The molecule has 0 heterocycles. The molecule has 1 N–H and O–H groups in total. The first-order valence-corrected chi connectivity index (χ1v) is 14.2. The van der Waals surface area contributed by atoms with Crippen molar-refractivity contribution in [3.63, 3.8) is 0 Å². The van der Waals surface area contributed by atoms with Crippen LogP contribution in [-0.2, 0) is 26.2 Å². The third-order valence-electron chi connectivity index (χ3n) is 6.53. The molecule has 37 heavy (non-hydrogen) atoms. The van der Waals surface area contributed by atoms with Crippen molar-refractivity contribution >= 4 is 33.2 Å². The summed E-state index contributed by atoms with van der Waals surface area (Å²) < 4.78 is 26.2. The minimum atomic E-state index is -3.98. The first kappa shape index (κ1) is 28.1. The summed E-state index contributed by atoms with van der Waals surface area (Å²) in [5.74, 6) is -0.844. The van der Waals surface area contributed by atoms with Gasteiger partial charge in [0, 0.05) is 24.7 Å². The molecule has 1 saturated carbocycles.